The standard InChI is InChI=1S/C44H69NO12/c1-10-13-31-19-25(2)18-26(3)20-37(54-8)40-38(55-9)22-28(5)44(52,57-40)41(49)42(50)45-17-12-11-14-32(45)43(51)56-39(29(6)34(47)24-35(31)48)27(4)21-30-15-16-33(46)36(23-30)53-7/h10,19,21,26,28-34,36-40,46-47,52H,1,11-18,20,22-24H2,2-9H3/b25-19+,27-21+/t26-,28+,29+,30-,31+,32-,33?,34-,36+,37-,38-,39+,40+,44+/m0/s1. The van der Waals surface area contributed by atoms with Gasteiger partial charge in [0.25, 0.3) is 11.7 Å². The van der Waals surface area contributed by atoms with Crippen LogP contribution in [0.15, 0.2) is 36.0 Å². The Bertz CT molecular complexity index is 1480. The van der Waals surface area contributed by atoms with Crippen molar-refractivity contribution in [3.8, 4) is 0 Å². The summed E-state index contributed by atoms with van der Waals surface area (Å²) in [7, 11) is 4.61. The molecule has 4 rings (SSSR count). The van der Waals surface area contributed by atoms with Crippen molar-refractivity contribution < 1.29 is 58.2 Å². The molecule has 3 aliphatic heterocycles. The first kappa shape index (κ1) is 46.9. The Morgan fingerprint density at radius 2 is 1.60 bits per heavy atom. The van der Waals surface area contributed by atoms with E-state index in [0.29, 0.717) is 56.9 Å². The zero-order valence-electron chi connectivity index (χ0n) is 35.4. The van der Waals surface area contributed by atoms with Crippen molar-refractivity contribution in [1.29, 1.82) is 0 Å². The van der Waals surface area contributed by atoms with Gasteiger partial charge in [-0.15, -0.1) is 6.58 Å². The number of aliphatic hydroxyl groups excluding tert-OH is 2. The number of fused-ring (bicyclic) bond motifs is 3. The highest BCUT2D eigenvalue weighted by molar-refractivity contribution is 6.39. The monoisotopic (exact) mass is 803 g/mol. The predicted molar refractivity (Wildman–Crippen MR) is 213 cm³/mol. The molecule has 3 heterocycles. The average Bonchev–Trinajstić information content (AvgIpc) is 3.18. The van der Waals surface area contributed by atoms with E-state index in [-0.39, 0.29) is 49.5 Å². The molecule has 1 saturated carbocycles. The molecule has 57 heavy (non-hydrogen) atoms. The van der Waals surface area contributed by atoms with Gasteiger partial charge in [0.2, 0.25) is 5.79 Å². The lowest BCUT2D eigenvalue weighted by molar-refractivity contribution is -0.302. The maximum atomic E-state index is 14.3. The molecule has 13 heteroatoms. The zero-order valence-corrected chi connectivity index (χ0v) is 35.4. The number of aliphatic hydroxyl groups is 3. The molecule has 0 radical (unpaired) electrons. The van der Waals surface area contributed by atoms with Gasteiger partial charge in [-0.3, -0.25) is 14.4 Å². The van der Waals surface area contributed by atoms with Crippen molar-refractivity contribution in [2.75, 3.05) is 27.9 Å². The van der Waals surface area contributed by atoms with Gasteiger partial charge in [-0.25, -0.2) is 4.79 Å². The van der Waals surface area contributed by atoms with Crippen LogP contribution in [-0.2, 0) is 42.9 Å². The van der Waals surface area contributed by atoms with Gasteiger partial charge in [-0.05, 0) is 95.5 Å². The molecule has 0 aromatic rings. The average molecular weight is 804 g/mol. The van der Waals surface area contributed by atoms with Crippen LogP contribution >= 0.6 is 0 Å². The second-order valence-corrected chi connectivity index (χ2v) is 17.3. The fourth-order valence-electron chi connectivity index (χ4n) is 9.42. The van der Waals surface area contributed by atoms with Gasteiger partial charge in [0.1, 0.15) is 24.0 Å². The van der Waals surface area contributed by atoms with Gasteiger partial charge in [0.05, 0.1) is 30.5 Å². The lowest BCUT2D eigenvalue weighted by Crippen LogP contribution is -2.64. The molecule has 2 saturated heterocycles. The van der Waals surface area contributed by atoms with Gasteiger partial charge >= 0.3 is 5.97 Å². The molecule has 3 fully saturated rings. The SMILES string of the molecule is C=CC[C@@H]1/C=C(\C)C[C@H](C)C[C@H](OC)[C@H]2O[C@@](O)(C(=O)C(=O)N3CCCC[C@H]3C(=O)O[C@H](/C(C)=C/[C@@H]3CCC(O)[C@H](OC)C3)[C@H](C)[C@@H](O)CC1=O)[C@H](C)C[C@@H]2OC. The van der Waals surface area contributed by atoms with E-state index in [1.54, 1.807) is 27.0 Å². The van der Waals surface area contributed by atoms with E-state index in [1.807, 2.05) is 32.9 Å². The van der Waals surface area contributed by atoms with E-state index in [4.69, 9.17) is 23.7 Å². The third-order valence-corrected chi connectivity index (χ3v) is 12.9. The molecule has 3 N–H and O–H groups in total. The molecule has 1 unspecified atom stereocenters. The van der Waals surface area contributed by atoms with Gasteiger partial charge in [0, 0.05) is 52.0 Å². The molecular formula is C44H69NO12. The molecule has 0 aromatic carbocycles. The Balaban J connectivity index is 1.78. The van der Waals surface area contributed by atoms with Crippen LogP contribution in [0.3, 0.4) is 0 Å². The van der Waals surface area contributed by atoms with E-state index in [2.05, 4.69) is 6.58 Å². The van der Waals surface area contributed by atoms with Crippen molar-refractivity contribution in [2.45, 2.75) is 160 Å². The summed E-state index contributed by atoms with van der Waals surface area (Å²) in [5, 5.41) is 34.1. The number of cyclic esters (lactones) is 1. The number of ether oxygens (including phenoxy) is 5. The van der Waals surface area contributed by atoms with Crippen molar-refractivity contribution in [2.24, 2.45) is 29.6 Å². The summed E-state index contributed by atoms with van der Waals surface area (Å²) in [5.74, 6) is -7.76. The molecule has 0 aromatic heterocycles. The Morgan fingerprint density at radius 3 is 2.25 bits per heavy atom. The predicted octanol–water partition coefficient (Wildman–Crippen LogP) is 4.64. The van der Waals surface area contributed by atoms with E-state index < -0.39 is 83.9 Å². The van der Waals surface area contributed by atoms with Crippen molar-refractivity contribution in [1.82, 2.24) is 4.90 Å². The second-order valence-electron chi connectivity index (χ2n) is 17.3. The highest BCUT2D eigenvalue weighted by Crippen LogP contribution is 2.39. The summed E-state index contributed by atoms with van der Waals surface area (Å²) < 4.78 is 29.7. The number of rotatable bonds is 7. The minimum Gasteiger partial charge on any atom is -0.456 e. The number of allylic oxidation sites excluding steroid dienone is 4. The minimum absolute atomic E-state index is 0.00988. The van der Waals surface area contributed by atoms with Crippen LogP contribution in [0.4, 0.5) is 0 Å². The van der Waals surface area contributed by atoms with Crippen LogP contribution < -0.4 is 0 Å². The summed E-state index contributed by atoms with van der Waals surface area (Å²) in [6, 6.07) is -1.14. The maximum absolute atomic E-state index is 14.3. The number of hydrogen-bond donors (Lipinski definition) is 3. The fourth-order valence-corrected chi connectivity index (χ4v) is 9.42. The van der Waals surface area contributed by atoms with E-state index >= 15 is 0 Å². The Hall–Kier alpha value is -2.78. The van der Waals surface area contributed by atoms with Crippen molar-refractivity contribution in [3.05, 3.63) is 36.0 Å². The maximum Gasteiger partial charge on any atom is 0.329 e. The third-order valence-electron chi connectivity index (χ3n) is 12.9. The molecule has 13 nitrogen and oxygen atoms in total. The number of ketones is 2. The first-order valence-electron chi connectivity index (χ1n) is 20.9. The van der Waals surface area contributed by atoms with Crippen LogP contribution in [0.5, 0.6) is 0 Å². The normalized spacial score (nSPS) is 41.0. The number of carbonyl (C=O) groups excluding carboxylic acids is 4. The molecule has 0 spiro atoms. The van der Waals surface area contributed by atoms with Crippen LogP contribution in [-0.4, -0.2) is 126 Å². The van der Waals surface area contributed by atoms with E-state index in [1.165, 1.54) is 19.1 Å². The second kappa shape index (κ2) is 21.0. The number of piperidine rings is 1. The highest BCUT2D eigenvalue weighted by atomic mass is 16.7. The Morgan fingerprint density at radius 1 is 0.930 bits per heavy atom. The van der Waals surface area contributed by atoms with Gasteiger partial charge in [0.15, 0.2) is 0 Å². The lowest BCUT2D eigenvalue weighted by Gasteiger charge is -2.47. The number of amides is 1. The summed E-state index contributed by atoms with van der Waals surface area (Å²) in [6.07, 6.45) is 4.93. The molecule has 14 atom stereocenters. The number of nitrogens with zero attached hydrogens (tertiary/aromatic N) is 1. The van der Waals surface area contributed by atoms with Gasteiger partial charge in [-0.2, -0.15) is 0 Å². The Labute approximate surface area is 339 Å². The number of carbonyl (C=O) groups is 4. The lowest BCUT2D eigenvalue weighted by atomic mass is 9.81. The van der Waals surface area contributed by atoms with E-state index in [0.717, 1.165) is 5.57 Å². The molecular weight excluding hydrogens is 734 g/mol. The molecule has 322 valence electrons. The Kier molecular flexibility index (Phi) is 17.2. The summed E-state index contributed by atoms with van der Waals surface area (Å²) >= 11 is 0. The smallest absolute Gasteiger partial charge is 0.329 e. The largest absolute Gasteiger partial charge is 0.456 e. The number of Topliss-reactive ketones (excluding diaryl/α,β-unsaturated/α-hetero) is 2. The quantitative estimate of drug-likeness (QED) is 0.185. The van der Waals surface area contributed by atoms with Crippen LogP contribution in [0, 0.1) is 29.6 Å². The number of methoxy groups -OCH3 is 3. The zero-order chi connectivity index (χ0) is 42.2. The molecule has 1 aliphatic carbocycles. The fraction of sp³-hybridized carbons (Fsp3) is 0.773. The highest BCUT2D eigenvalue weighted by Gasteiger charge is 2.56. The minimum atomic E-state index is -2.51. The van der Waals surface area contributed by atoms with Crippen molar-refractivity contribution in [3.63, 3.8) is 0 Å². The molecule has 1 amide bonds. The summed E-state index contributed by atoms with van der Waals surface area (Å²) in [6.45, 7) is 13.1. The van der Waals surface area contributed by atoms with Crippen LogP contribution in [0.25, 0.3) is 0 Å². The van der Waals surface area contributed by atoms with Gasteiger partial charge in [-0.1, -0.05) is 44.6 Å². The first-order valence-corrected chi connectivity index (χ1v) is 20.9. The summed E-state index contributed by atoms with van der Waals surface area (Å²) in [4.78, 5) is 57.8. The van der Waals surface area contributed by atoms with E-state index in [9.17, 15) is 34.5 Å². The molecule has 4 aliphatic rings. The van der Waals surface area contributed by atoms with Crippen LogP contribution in [0.1, 0.15) is 105 Å². The first-order chi connectivity index (χ1) is 27.0. The number of esters is 1. The van der Waals surface area contributed by atoms with Crippen LogP contribution in [0.2, 0.25) is 0 Å². The van der Waals surface area contributed by atoms with Gasteiger partial charge < -0.3 is 43.9 Å². The third kappa shape index (κ3) is 11.3. The topological polar surface area (TPSA) is 178 Å². The number of hydrogen-bond acceptors (Lipinski definition) is 12. The van der Waals surface area contributed by atoms with Crippen molar-refractivity contribution >= 4 is 23.4 Å². The summed E-state index contributed by atoms with van der Waals surface area (Å²) in [5.41, 5.74) is 1.61. The molecule has 2 bridgehead atoms.